The van der Waals surface area contributed by atoms with Crippen LogP contribution in [0.4, 0.5) is 0 Å². The van der Waals surface area contributed by atoms with Crippen LogP contribution in [-0.4, -0.2) is 48.3 Å². The molecule has 2 aliphatic heterocycles. The van der Waals surface area contributed by atoms with E-state index >= 15 is 0 Å². The van der Waals surface area contributed by atoms with E-state index in [2.05, 4.69) is 24.1 Å². The minimum atomic E-state index is 0.310. The quantitative estimate of drug-likeness (QED) is 0.857. The molecule has 0 amide bonds. The summed E-state index contributed by atoms with van der Waals surface area (Å²) >= 11 is 0. The van der Waals surface area contributed by atoms with Crippen molar-refractivity contribution in [1.82, 2.24) is 10.2 Å². The molecule has 0 aromatic heterocycles. The van der Waals surface area contributed by atoms with Crippen molar-refractivity contribution < 1.29 is 4.74 Å². The van der Waals surface area contributed by atoms with Crippen molar-refractivity contribution in [3.63, 3.8) is 0 Å². The molecule has 0 radical (unpaired) electrons. The second-order valence-corrected chi connectivity index (χ2v) is 7.85. The fraction of sp³-hybridized carbons (Fsp3) is 1.00. The smallest absolute Gasteiger partial charge is 0.0576 e. The summed E-state index contributed by atoms with van der Waals surface area (Å²) in [5.41, 5.74) is 0.754. The zero-order chi connectivity index (χ0) is 14.1. The Kier molecular flexibility index (Phi) is 4.40. The zero-order valence-electron chi connectivity index (χ0n) is 13.4. The van der Waals surface area contributed by atoms with Crippen molar-refractivity contribution in [2.24, 2.45) is 0 Å². The molecule has 0 aromatic rings. The molecular weight excluding hydrogens is 248 g/mol. The Morgan fingerprint density at radius 3 is 2.70 bits per heavy atom. The molecular formula is C17H32N2O. The van der Waals surface area contributed by atoms with Crippen molar-refractivity contribution in [2.75, 3.05) is 26.2 Å². The largest absolute Gasteiger partial charge is 0.378 e. The Balaban J connectivity index is 1.51. The molecule has 1 atom stereocenters. The monoisotopic (exact) mass is 280 g/mol. The van der Waals surface area contributed by atoms with Gasteiger partial charge in [-0.2, -0.15) is 0 Å². The Morgan fingerprint density at radius 2 is 2.00 bits per heavy atom. The fourth-order valence-corrected chi connectivity index (χ4v) is 4.30. The predicted octanol–water partition coefficient (Wildman–Crippen LogP) is 2.94. The van der Waals surface area contributed by atoms with Gasteiger partial charge in [0.25, 0.3) is 0 Å². The average Bonchev–Trinajstić information content (AvgIpc) is 3.06. The van der Waals surface area contributed by atoms with Crippen LogP contribution in [0.15, 0.2) is 0 Å². The van der Waals surface area contributed by atoms with Gasteiger partial charge in [-0.25, -0.2) is 0 Å². The van der Waals surface area contributed by atoms with E-state index in [1.54, 1.807) is 0 Å². The van der Waals surface area contributed by atoms with Gasteiger partial charge in [0.15, 0.2) is 0 Å². The van der Waals surface area contributed by atoms with Crippen LogP contribution < -0.4 is 5.32 Å². The van der Waals surface area contributed by atoms with Crippen molar-refractivity contribution in [1.29, 1.82) is 0 Å². The number of nitrogens with zero attached hydrogens (tertiary/aromatic N) is 1. The van der Waals surface area contributed by atoms with E-state index in [0.29, 0.717) is 17.2 Å². The first kappa shape index (κ1) is 14.8. The van der Waals surface area contributed by atoms with Gasteiger partial charge >= 0.3 is 0 Å². The lowest BCUT2D eigenvalue weighted by Crippen LogP contribution is -2.67. The van der Waals surface area contributed by atoms with Crippen LogP contribution in [0.1, 0.15) is 65.2 Å². The number of hydrogen-bond acceptors (Lipinski definition) is 3. The first-order valence-corrected chi connectivity index (χ1v) is 8.71. The van der Waals surface area contributed by atoms with Crippen LogP contribution in [0.2, 0.25) is 0 Å². The Labute approximate surface area is 124 Å². The van der Waals surface area contributed by atoms with E-state index in [0.717, 1.165) is 13.2 Å². The molecule has 3 nitrogen and oxygen atoms in total. The topological polar surface area (TPSA) is 24.5 Å². The lowest BCUT2D eigenvalue weighted by Gasteiger charge is -2.51. The van der Waals surface area contributed by atoms with Crippen LogP contribution in [0, 0.1) is 0 Å². The van der Waals surface area contributed by atoms with Gasteiger partial charge in [0.1, 0.15) is 0 Å². The van der Waals surface area contributed by atoms with Crippen LogP contribution >= 0.6 is 0 Å². The summed E-state index contributed by atoms with van der Waals surface area (Å²) in [5, 5.41) is 3.88. The van der Waals surface area contributed by atoms with E-state index < -0.39 is 0 Å². The highest BCUT2D eigenvalue weighted by molar-refractivity contribution is 5.04. The van der Waals surface area contributed by atoms with Gasteiger partial charge in [0.05, 0.1) is 6.10 Å². The van der Waals surface area contributed by atoms with Crippen LogP contribution in [0.3, 0.4) is 0 Å². The van der Waals surface area contributed by atoms with Gasteiger partial charge in [-0.3, -0.25) is 4.90 Å². The molecule has 2 saturated heterocycles. The maximum absolute atomic E-state index is 5.76. The Hall–Kier alpha value is -0.120. The maximum atomic E-state index is 5.76. The van der Waals surface area contributed by atoms with Crippen LogP contribution in [0.5, 0.6) is 0 Å². The van der Waals surface area contributed by atoms with Gasteiger partial charge < -0.3 is 10.1 Å². The molecule has 1 unspecified atom stereocenters. The Bertz CT molecular complexity index is 317. The number of piperazine rings is 1. The van der Waals surface area contributed by atoms with Gasteiger partial charge in [0.2, 0.25) is 0 Å². The molecule has 3 aliphatic rings. The normalized spacial score (nSPS) is 33.0. The standard InChI is InChI=1S/C17H32N2O/c1-16(2)13-18-17(9-3-4-10-17)14-19(16)11-5-7-15-8-6-12-20-15/h15,18H,3-14H2,1-2H3. The number of ether oxygens (including phenoxy) is 1. The lowest BCUT2D eigenvalue weighted by molar-refractivity contribution is 0.0225. The van der Waals surface area contributed by atoms with E-state index in [4.69, 9.17) is 4.74 Å². The molecule has 3 fully saturated rings. The molecule has 1 aliphatic carbocycles. The van der Waals surface area contributed by atoms with Crippen molar-refractivity contribution in [3.05, 3.63) is 0 Å². The fourth-order valence-electron chi connectivity index (χ4n) is 4.30. The van der Waals surface area contributed by atoms with Crippen molar-refractivity contribution in [3.8, 4) is 0 Å². The molecule has 3 rings (SSSR count). The minimum Gasteiger partial charge on any atom is -0.378 e. The summed E-state index contributed by atoms with van der Waals surface area (Å²) in [7, 11) is 0. The number of rotatable bonds is 4. The SMILES string of the molecule is CC1(C)CNC2(CCCC2)CN1CCCC1CCCO1. The van der Waals surface area contributed by atoms with Gasteiger partial charge in [-0.15, -0.1) is 0 Å². The Morgan fingerprint density at radius 1 is 1.20 bits per heavy atom. The average molecular weight is 280 g/mol. The minimum absolute atomic E-state index is 0.310. The molecule has 3 heteroatoms. The molecule has 20 heavy (non-hydrogen) atoms. The van der Waals surface area contributed by atoms with Crippen LogP contribution in [0.25, 0.3) is 0 Å². The molecule has 0 aromatic carbocycles. The molecule has 1 saturated carbocycles. The lowest BCUT2D eigenvalue weighted by atomic mass is 9.87. The first-order chi connectivity index (χ1) is 9.60. The summed E-state index contributed by atoms with van der Waals surface area (Å²) in [6.45, 7) is 9.43. The van der Waals surface area contributed by atoms with E-state index in [1.807, 2.05) is 0 Å². The van der Waals surface area contributed by atoms with Crippen molar-refractivity contribution in [2.45, 2.75) is 82.4 Å². The second kappa shape index (κ2) is 5.94. The van der Waals surface area contributed by atoms with E-state index in [9.17, 15) is 0 Å². The molecule has 0 bridgehead atoms. The summed E-state index contributed by atoms with van der Waals surface area (Å²) in [6.07, 6.45) is 11.3. The predicted molar refractivity (Wildman–Crippen MR) is 83.1 cm³/mol. The van der Waals surface area contributed by atoms with Crippen LogP contribution in [-0.2, 0) is 4.74 Å². The summed E-state index contributed by atoms with van der Waals surface area (Å²) in [6, 6.07) is 0. The summed E-state index contributed by atoms with van der Waals surface area (Å²) < 4.78 is 5.76. The van der Waals surface area contributed by atoms with Gasteiger partial charge in [-0.1, -0.05) is 12.8 Å². The van der Waals surface area contributed by atoms with Gasteiger partial charge in [0, 0.05) is 30.8 Å². The summed E-state index contributed by atoms with van der Waals surface area (Å²) in [5.74, 6) is 0. The highest BCUT2D eigenvalue weighted by Crippen LogP contribution is 2.35. The maximum Gasteiger partial charge on any atom is 0.0576 e. The third-order valence-corrected chi connectivity index (χ3v) is 5.78. The van der Waals surface area contributed by atoms with Gasteiger partial charge in [-0.05, 0) is 58.9 Å². The highest BCUT2D eigenvalue weighted by atomic mass is 16.5. The third kappa shape index (κ3) is 3.20. The third-order valence-electron chi connectivity index (χ3n) is 5.78. The first-order valence-electron chi connectivity index (χ1n) is 8.71. The number of nitrogens with one attached hydrogen (secondary N) is 1. The molecule has 2 heterocycles. The molecule has 1 spiro atoms. The second-order valence-electron chi connectivity index (χ2n) is 7.85. The zero-order valence-corrected chi connectivity index (χ0v) is 13.4. The molecule has 116 valence electrons. The highest BCUT2D eigenvalue weighted by Gasteiger charge is 2.43. The van der Waals surface area contributed by atoms with E-state index in [-0.39, 0.29) is 0 Å². The summed E-state index contributed by atoms with van der Waals surface area (Å²) in [4.78, 5) is 2.75. The van der Waals surface area contributed by atoms with E-state index in [1.165, 1.54) is 64.5 Å². The molecule has 1 N–H and O–H groups in total. The number of hydrogen-bond donors (Lipinski definition) is 1. The van der Waals surface area contributed by atoms with Crippen molar-refractivity contribution >= 4 is 0 Å².